The largest absolute Gasteiger partial charge is 0.479 e. The second-order valence-electron chi connectivity index (χ2n) is 7.81. The van der Waals surface area contributed by atoms with Crippen LogP contribution in [0.25, 0.3) is 0 Å². The van der Waals surface area contributed by atoms with Gasteiger partial charge in [0.15, 0.2) is 0 Å². The molecule has 33 heavy (non-hydrogen) atoms. The van der Waals surface area contributed by atoms with Gasteiger partial charge in [0.1, 0.15) is 11.6 Å². The number of aryl methyl sites for hydroxylation is 1. The van der Waals surface area contributed by atoms with Gasteiger partial charge in [0.25, 0.3) is 11.8 Å². The van der Waals surface area contributed by atoms with Crippen LogP contribution in [0.15, 0.2) is 53.1 Å². The van der Waals surface area contributed by atoms with Gasteiger partial charge in [0.05, 0.1) is 19.3 Å². The lowest BCUT2D eigenvalue weighted by Crippen LogP contribution is -2.46. The average Bonchev–Trinajstić information content (AvgIpc) is 3.27. The van der Waals surface area contributed by atoms with E-state index in [9.17, 15) is 18.7 Å². The summed E-state index contributed by atoms with van der Waals surface area (Å²) in [6, 6.07) is 11.3. The molecule has 2 atom stereocenters. The number of aromatic nitrogens is 1. The number of carbonyl (C=O) groups excluding carboxylic acids is 1. The van der Waals surface area contributed by atoms with Crippen molar-refractivity contribution in [1.82, 2.24) is 10.1 Å². The Labute approximate surface area is 190 Å². The number of halogens is 2. The highest BCUT2D eigenvalue weighted by molar-refractivity contribution is 5.91. The van der Waals surface area contributed by atoms with Crippen LogP contribution in [0.5, 0.6) is 5.88 Å². The number of nitrogens with zero attached hydrogens (tertiary/aromatic N) is 2. The van der Waals surface area contributed by atoms with Gasteiger partial charge in [-0.1, -0.05) is 31.2 Å². The van der Waals surface area contributed by atoms with E-state index >= 15 is 0 Å². The number of methoxy groups -OCH3 is 1. The zero-order valence-corrected chi connectivity index (χ0v) is 18.5. The van der Waals surface area contributed by atoms with Gasteiger partial charge in [-0.2, -0.15) is 0 Å². The van der Waals surface area contributed by atoms with Crippen LogP contribution >= 0.6 is 0 Å². The Balaban J connectivity index is 1.78. The van der Waals surface area contributed by atoms with Crippen molar-refractivity contribution in [3.8, 4) is 5.88 Å². The van der Waals surface area contributed by atoms with E-state index in [-0.39, 0.29) is 31.2 Å². The van der Waals surface area contributed by atoms with E-state index in [0.29, 0.717) is 5.56 Å². The molecule has 0 spiro atoms. The number of hydrogen-bond donors (Lipinski definition) is 2. The summed E-state index contributed by atoms with van der Waals surface area (Å²) >= 11 is 0. The molecule has 2 aromatic carbocycles. The monoisotopic (exact) mass is 459 g/mol. The van der Waals surface area contributed by atoms with Crippen molar-refractivity contribution in [3.05, 3.63) is 82.6 Å². The molecule has 1 heterocycles. The van der Waals surface area contributed by atoms with Gasteiger partial charge >= 0.3 is 0 Å². The third-order valence-corrected chi connectivity index (χ3v) is 5.26. The Hall–Kier alpha value is -3.30. The SMILES string of the molecule is CCc1cccc(CN(CC(O)C(N)Cc2cc(F)cc(F)c2)C(=O)c2cc(OC)no2)c1. The number of nitrogens with two attached hydrogens (primary N) is 1. The lowest BCUT2D eigenvalue weighted by atomic mass is 10.0. The van der Waals surface area contributed by atoms with Gasteiger partial charge in [-0.05, 0) is 46.8 Å². The van der Waals surface area contributed by atoms with Gasteiger partial charge < -0.3 is 25.0 Å². The minimum Gasteiger partial charge on any atom is -0.479 e. The van der Waals surface area contributed by atoms with Crippen molar-refractivity contribution in [1.29, 1.82) is 0 Å². The van der Waals surface area contributed by atoms with Gasteiger partial charge in [-0.25, -0.2) is 8.78 Å². The fourth-order valence-corrected chi connectivity index (χ4v) is 3.50. The maximum atomic E-state index is 13.5. The molecule has 9 heteroatoms. The Bertz CT molecular complexity index is 1070. The summed E-state index contributed by atoms with van der Waals surface area (Å²) in [6.45, 7) is 2.09. The predicted octanol–water partition coefficient (Wildman–Crippen LogP) is 3.10. The average molecular weight is 459 g/mol. The lowest BCUT2D eigenvalue weighted by molar-refractivity contribution is 0.0519. The fourth-order valence-electron chi connectivity index (χ4n) is 3.50. The molecule has 7 nitrogen and oxygen atoms in total. The first-order valence-corrected chi connectivity index (χ1v) is 10.6. The van der Waals surface area contributed by atoms with Crippen molar-refractivity contribution < 1.29 is 27.9 Å². The van der Waals surface area contributed by atoms with Crippen LogP contribution in [0.2, 0.25) is 0 Å². The minimum absolute atomic E-state index is 0.0271. The summed E-state index contributed by atoms with van der Waals surface area (Å²) in [5.74, 6) is -1.85. The zero-order chi connectivity index (χ0) is 24.0. The molecule has 0 aliphatic rings. The fraction of sp³-hybridized carbons (Fsp3) is 0.333. The normalized spacial score (nSPS) is 12.9. The number of aliphatic hydroxyl groups is 1. The number of benzene rings is 2. The Morgan fingerprint density at radius 1 is 1.15 bits per heavy atom. The summed E-state index contributed by atoms with van der Waals surface area (Å²) < 4.78 is 37.0. The standard InChI is InChI=1S/C24H27F2N3O4/c1-3-15-5-4-6-16(7-15)13-29(24(31)22-12-23(32-2)28-33-22)14-21(30)20(27)10-17-8-18(25)11-19(26)9-17/h4-9,11-12,20-21,30H,3,10,13-14,27H2,1-2H3. The highest BCUT2D eigenvalue weighted by Crippen LogP contribution is 2.18. The summed E-state index contributed by atoms with van der Waals surface area (Å²) in [5, 5.41) is 14.4. The maximum Gasteiger partial charge on any atom is 0.293 e. The molecule has 3 aromatic rings. The first-order valence-electron chi connectivity index (χ1n) is 10.6. The van der Waals surface area contributed by atoms with E-state index in [1.807, 2.05) is 31.2 Å². The van der Waals surface area contributed by atoms with Crippen molar-refractivity contribution in [2.45, 2.75) is 38.5 Å². The van der Waals surface area contributed by atoms with E-state index in [4.69, 9.17) is 15.0 Å². The third-order valence-electron chi connectivity index (χ3n) is 5.26. The molecule has 0 aliphatic carbocycles. The summed E-state index contributed by atoms with van der Waals surface area (Å²) in [4.78, 5) is 14.5. The minimum atomic E-state index is -1.17. The molecular formula is C24H27F2N3O4. The second-order valence-corrected chi connectivity index (χ2v) is 7.81. The molecule has 3 rings (SSSR count). The predicted molar refractivity (Wildman–Crippen MR) is 118 cm³/mol. The molecule has 176 valence electrons. The van der Waals surface area contributed by atoms with Gasteiger partial charge in [-0.3, -0.25) is 4.79 Å². The summed E-state index contributed by atoms with van der Waals surface area (Å²) in [6.07, 6.45) is -0.308. The van der Waals surface area contributed by atoms with Crippen molar-refractivity contribution in [2.75, 3.05) is 13.7 Å². The van der Waals surface area contributed by atoms with E-state index in [2.05, 4.69) is 5.16 Å². The van der Waals surface area contributed by atoms with Gasteiger partial charge in [0.2, 0.25) is 5.76 Å². The molecule has 3 N–H and O–H groups in total. The van der Waals surface area contributed by atoms with Crippen LogP contribution < -0.4 is 10.5 Å². The number of carbonyl (C=O) groups is 1. The highest BCUT2D eigenvalue weighted by Gasteiger charge is 2.26. The molecule has 0 fully saturated rings. The van der Waals surface area contributed by atoms with Crippen LogP contribution in [0, 0.1) is 11.6 Å². The van der Waals surface area contributed by atoms with Gasteiger partial charge in [0, 0.05) is 25.2 Å². The smallest absolute Gasteiger partial charge is 0.293 e. The maximum absolute atomic E-state index is 13.5. The molecule has 0 aliphatic heterocycles. The Kier molecular flexibility index (Phi) is 8.13. The van der Waals surface area contributed by atoms with E-state index in [1.165, 1.54) is 18.1 Å². The molecule has 2 unspecified atom stereocenters. The quantitative estimate of drug-likeness (QED) is 0.483. The van der Waals surface area contributed by atoms with Crippen LogP contribution in [0.1, 0.15) is 34.2 Å². The summed E-state index contributed by atoms with van der Waals surface area (Å²) in [7, 11) is 1.40. The number of amides is 1. The summed E-state index contributed by atoms with van der Waals surface area (Å²) in [5.41, 5.74) is 8.39. The number of hydrogen-bond acceptors (Lipinski definition) is 6. The van der Waals surface area contributed by atoms with Crippen molar-refractivity contribution in [2.24, 2.45) is 5.73 Å². The Morgan fingerprint density at radius 3 is 2.48 bits per heavy atom. The zero-order valence-electron chi connectivity index (χ0n) is 18.5. The Morgan fingerprint density at radius 2 is 1.85 bits per heavy atom. The molecule has 1 aromatic heterocycles. The first-order chi connectivity index (χ1) is 15.8. The van der Waals surface area contributed by atoms with Crippen LogP contribution in [-0.2, 0) is 19.4 Å². The van der Waals surface area contributed by atoms with Crippen molar-refractivity contribution in [3.63, 3.8) is 0 Å². The van der Waals surface area contributed by atoms with Gasteiger partial charge in [-0.15, -0.1) is 0 Å². The van der Waals surface area contributed by atoms with Crippen LogP contribution in [0.3, 0.4) is 0 Å². The van der Waals surface area contributed by atoms with Crippen LogP contribution in [-0.4, -0.2) is 46.9 Å². The molecule has 0 radical (unpaired) electrons. The number of ether oxygens (including phenoxy) is 1. The first kappa shape index (κ1) is 24.3. The second kappa shape index (κ2) is 11.0. The number of aliphatic hydroxyl groups excluding tert-OH is 1. The lowest BCUT2D eigenvalue weighted by Gasteiger charge is -2.27. The molecular weight excluding hydrogens is 432 g/mol. The molecule has 0 bridgehead atoms. The van der Waals surface area contributed by atoms with Crippen molar-refractivity contribution >= 4 is 5.91 Å². The van der Waals surface area contributed by atoms with Crippen LogP contribution in [0.4, 0.5) is 8.78 Å². The number of rotatable bonds is 10. The topological polar surface area (TPSA) is 102 Å². The molecule has 0 saturated carbocycles. The third kappa shape index (κ3) is 6.59. The van der Waals surface area contributed by atoms with E-state index in [0.717, 1.165) is 35.7 Å². The highest BCUT2D eigenvalue weighted by atomic mass is 19.1. The van der Waals surface area contributed by atoms with E-state index < -0.39 is 29.7 Å². The molecule has 1 amide bonds. The van der Waals surface area contributed by atoms with E-state index in [1.54, 1.807) is 0 Å². The molecule has 0 saturated heterocycles.